The van der Waals surface area contributed by atoms with Crippen molar-refractivity contribution in [2.75, 3.05) is 12.0 Å². The summed E-state index contributed by atoms with van der Waals surface area (Å²) in [4.78, 5) is 6.88. The number of ether oxygens (including phenoxy) is 2. The molecule has 0 radical (unpaired) electrons. The maximum atomic E-state index is 6.05. The molecule has 1 N–H and O–H groups in total. The number of rotatable bonds is 7. The average Bonchev–Trinajstić information content (AvgIpc) is 3.70. The van der Waals surface area contributed by atoms with Gasteiger partial charge in [-0.2, -0.15) is 0 Å². The molecule has 188 valence electrons. The van der Waals surface area contributed by atoms with E-state index in [9.17, 15) is 0 Å². The molecule has 0 spiro atoms. The second-order valence-electron chi connectivity index (χ2n) is 9.60. The Bertz CT molecular complexity index is 1350. The van der Waals surface area contributed by atoms with Gasteiger partial charge < -0.3 is 24.3 Å². The molecular formula is C30H30N4O2S. The van der Waals surface area contributed by atoms with Crippen molar-refractivity contribution in [1.29, 1.82) is 0 Å². The zero-order valence-corrected chi connectivity index (χ0v) is 21.6. The number of benzene rings is 2. The Kier molecular flexibility index (Phi) is 6.53. The van der Waals surface area contributed by atoms with Crippen LogP contribution in [0.5, 0.6) is 17.2 Å². The van der Waals surface area contributed by atoms with E-state index in [1.165, 1.54) is 31.2 Å². The molecule has 6 rings (SSSR count). The molecule has 2 aromatic heterocycles. The molecule has 2 atom stereocenters. The maximum absolute atomic E-state index is 6.05. The number of pyridine rings is 1. The van der Waals surface area contributed by atoms with E-state index in [-0.39, 0.29) is 12.1 Å². The third-order valence-electron chi connectivity index (χ3n) is 7.33. The highest BCUT2D eigenvalue weighted by atomic mass is 32.1. The molecule has 37 heavy (non-hydrogen) atoms. The van der Waals surface area contributed by atoms with Gasteiger partial charge in [0, 0.05) is 30.3 Å². The zero-order valence-electron chi connectivity index (χ0n) is 20.8. The van der Waals surface area contributed by atoms with E-state index < -0.39 is 0 Å². The first-order valence-corrected chi connectivity index (χ1v) is 13.2. The highest BCUT2D eigenvalue weighted by molar-refractivity contribution is 7.80. The third kappa shape index (κ3) is 4.79. The van der Waals surface area contributed by atoms with Crippen LogP contribution in [0.3, 0.4) is 0 Å². The lowest BCUT2D eigenvalue weighted by Gasteiger charge is -2.27. The van der Waals surface area contributed by atoms with E-state index in [1.807, 2.05) is 54.7 Å². The first kappa shape index (κ1) is 23.6. The molecule has 3 heterocycles. The quantitative estimate of drug-likeness (QED) is 0.271. The summed E-state index contributed by atoms with van der Waals surface area (Å²) in [6.07, 6.45) is 11.5. The van der Waals surface area contributed by atoms with Crippen molar-refractivity contribution >= 4 is 23.0 Å². The van der Waals surface area contributed by atoms with Crippen molar-refractivity contribution in [2.45, 2.75) is 43.8 Å². The number of hydrogen-bond acceptors (Lipinski definition) is 4. The summed E-state index contributed by atoms with van der Waals surface area (Å²) >= 11 is 5.89. The normalized spacial score (nSPS) is 19.7. The minimum atomic E-state index is -0.0525. The Balaban J connectivity index is 1.30. The molecule has 4 aromatic rings. The predicted octanol–water partition coefficient (Wildman–Crippen LogP) is 6.98. The fourth-order valence-corrected chi connectivity index (χ4v) is 5.81. The fourth-order valence-electron chi connectivity index (χ4n) is 5.46. The van der Waals surface area contributed by atoms with Gasteiger partial charge in [-0.05, 0) is 97.4 Å². The van der Waals surface area contributed by atoms with Crippen LogP contribution in [0, 0.1) is 0 Å². The zero-order chi connectivity index (χ0) is 25.2. The minimum Gasteiger partial charge on any atom is -0.497 e. The first-order valence-electron chi connectivity index (χ1n) is 12.8. The Morgan fingerprint density at radius 2 is 1.59 bits per heavy atom. The van der Waals surface area contributed by atoms with Crippen LogP contribution in [0.2, 0.25) is 0 Å². The molecule has 0 amide bonds. The molecule has 2 fully saturated rings. The smallest absolute Gasteiger partial charge is 0.174 e. The van der Waals surface area contributed by atoms with E-state index in [0.717, 1.165) is 28.6 Å². The van der Waals surface area contributed by atoms with Crippen molar-refractivity contribution in [2.24, 2.45) is 0 Å². The Labute approximate surface area is 222 Å². The Hall–Kier alpha value is -3.84. The molecule has 1 saturated heterocycles. The molecule has 1 aliphatic heterocycles. The highest BCUT2D eigenvalue weighted by Crippen LogP contribution is 2.43. The number of methoxy groups -OCH3 is 1. The van der Waals surface area contributed by atoms with Crippen LogP contribution >= 0.6 is 12.2 Å². The maximum Gasteiger partial charge on any atom is 0.174 e. The van der Waals surface area contributed by atoms with Gasteiger partial charge in [-0.25, -0.2) is 0 Å². The van der Waals surface area contributed by atoms with Crippen LogP contribution in [0.15, 0.2) is 91.4 Å². The summed E-state index contributed by atoms with van der Waals surface area (Å²) in [6, 6.07) is 24.5. The van der Waals surface area contributed by atoms with Gasteiger partial charge in [0.1, 0.15) is 17.2 Å². The van der Waals surface area contributed by atoms with Gasteiger partial charge in [-0.15, -0.1) is 0 Å². The Morgan fingerprint density at radius 1 is 0.892 bits per heavy atom. The second kappa shape index (κ2) is 10.3. The van der Waals surface area contributed by atoms with E-state index in [2.05, 4.69) is 56.4 Å². The van der Waals surface area contributed by atoms with E-state index in [1.54, 1.807) is 7.11 Å². The molecule has 2 aromatic carbocycles. The van der Waals surface area contributed by atoms with Crippen molar-refractivity contribution < 1.29 is 9.47 Å². The number of aromatic nitrogens is 2. The molecule has 1 saturated carbocycles. The standard InChI is InChI=1S/C30H30N4O2S/c1-35-24-13-15-26(16-14-24)36-25-11-9-23(10-12-25)34-29(21-17-19-33(20-21)22-6-2-3-7-22)28(32-30(34)37)27-8-4-5-18-31-27/h4-5,8-20,22,28-29H,2-3,6-7H2,1H3,(H,32,37)/t28-,29-/m1/s1. The number of thiocarbonyl (C=S) groups is 1. The fraction of sp³-hybridized carbons (Fsp3) is 0.267. The SMILES string of the molecule is COc1ccc(Oc2ccc(N3C(=S)N[C@H](c4ccccn4)[C@H]3c3ccn(C4CCCC4)c3)cc2)cc1. The van der Waals surface area contributed by atoms with Crippen LogP contribution in [-0.4, -0.2) is 21.8 Å². The third-order valence-corrected chi connectivity index (χ3v) is 7.65. The van der Waals surface area contributed by atoms with Gasteiger partial charge in [0.2, 0.25) is 0 Å². The van der Waals surface area contributed by atoms with Gasteiger partial charge in [0.05, 0.1) is 24.9 Å². The molecular weight excluding hydrogens is 480 g/mol. The summed E-state index contributed by atoms with van der Waals surface area (Å²) in [5.74, 6) is 2.32. The summed E-state index contributed by atoms with van der Waals surface area (Å²) in [5.41, 5.74) is 3.22. The van der Waals surface area contributed by atoms with Gasteiger partial charge in [-0.3, -0.25) is 4.98 Å². The van der Waals surface area contributed by atoms with Crippen molar-refractivity contribution in [1.82, 2.24) is 14.9 Å². The first-order chi connectivity index (χ1) is 18.2. The van der Waals surface area contributed by atoms with Crippen LogP contribution in [-0.2, 0) is 0 Å². The minimum absolute atomic E-state index is 0.0154. The lowest BCUT2D eigenvalue weighted by molar-refractivity contribution is 0.413. The summed E-state index contributed by atoms with van der Waals surface area (Å²) < 4.78 is 13.7. The molecule has 7 heteroatoms. The van der Waals surface area contributed by atoms with Gasteiger partial charge >= 0.3 is 0 Å². The van der Waals surface area contributed by atoms with E-state index in [4.69, 9.17) is 21.7 Å². The van der Waals surface area contributed by atoms with Crippen molar-refractivity contribution in [3.05, 3.63) is 103 Å². The molecule has 6 nitrogen and oxygen atoms in total. The molecule has 0 unspecified atom stereocenters. The predicted molar refractivity (Wildman–Crippen MR) is 149 cm³/mol. The monoisotopic (exact) mass is 510 g/mol. The summed E-state index contributed by atoms with van der Waals surface area (Å²) in [7, 11) is 1.65. The van der Waals surface area contributed by atoms with Gasteiger partial charge in [0.15, 0.2) is 5.11 Å². The largest absolute Gasteiger partial charge is 0.497 e. The van der Waals surface area contributed by atoms with E-state index >= 15 is 0 Å². The second-order valence-corrected chi connectivity index (χ2v) is 9.99. The topological polar surface area (TPSA) is 51.6 Å². The van der Waals surface area contributed by atoms with E-state index in [0.29, 0.717) is 11.2 Å². The lowest BCUT2D eigenvalue weighted by Crippen LogP contribution is -2.29. The van der Waals surface area contributed by atoms with Gasteiger partial charge in [0.25, 0.3) is 0 Å². The van der Waals surface area contributed by atoms with Crippen LogP contribution in [0.4, 0.5) is 5.69 Å². The number of anilines is 1. The van der Waals surface area contributed by atoms with Crippen molar-refractivity contribution in [3.8, 4) is 17.2 Å². The van der Waals surface area contributed by atoms with Crippen LogP contribution in [0.25, 0.3) is 0 Å². The number of nitrogens with one attached hydrogen (secondary N) is 1. The number of nitrogens with zero attached hydrogens (tertiary/aromatic N) is 3. The van der Waals surface area contributed by atoms with Gasteiger partial charge in [-0.1, -0.05) is 18.9 Å². The summed E-state index contributed by atoms with van der Waals surface area (Å²) in [5, 5.41) is 4.25. The summed E-state index contributed by atoms with van der Waals surface area (Å²) in [6.45, 7) is 0. The van der Waals surface area contributed by atoms with Crippen LogP contribution < -0.4 is 19.7 Å². The lowest BCUT2D eigenvalue weighted by atomic mass is 9.98. The highest BCUT2D eigenvalue weighted by Gasteiger charge is 2.41. The molecule has 0 bridgehead atoms. The van der Waals surface area contributed by atoms with Crippen LogP contribution in [0.1, 0.15) is 55.1 Å². The molecule has 2 aliphatic rings. The Morgan fingerprint density at radius 3 is 2.27 bits per heavy atom. The average molecular weight is 511 g/mol. The van der Waals surface area contributed by atoms with Crippen molar-refractivity contribution in [3.63, 3.8) is 0 Å². The number of hydrogen-bond donors (Lipinski definition) is 1. The molecule has 1 aliphatic carbocycles.